The number of esters is 2. The summed E-state index contributed by atoms with van der Waals surface area (Å²) in [6, 6.07) is 9.21. The van der Waals surface area contributed by atoms with Crippen LogP contribution < -0.4 is 0 Å². The monoisotopic (exact) mass is 467 g/mol. The van der Waals surface area contributed by atoms with Gasteiger partial charge in [-0.15, -0.1) is 0 Å². The van der Waals surface area contributed by atoms with Gasteiger partial charge in [0.15, 0.2) is 12.2 Å². The number of alkyl halides is 3. The molecule has 1 aromatic carbocycles. The highest BCUT2D eigenvalue weighted by Gasteiger charge is 2.48. The Hall–Kier alpha value is -1.58. The van der Waals surface area contributed by atoms with E-state index in [4.69, 9.17) is 63.9 Å². The highest BCUT2D eigenvalue weighted by Crippen LogP contribution is 2.31. The Morgan fingerprint density at radius 1 is 1.07 bits per heavy atom. The molecular weight excluding hydrogens is 449 g/mol. The van der Waals surface area contributed by atoms with E-state index in [1.54, 1.807) is 0 Å². The van der Waals surface area contributed by atoms with Crippen LogP contribution in [0.1, 0.15) is 19.4 Å². The van der Waals surface area contributed by atoms with E-state index < -0.39 is 46.2 Å². The lowest BCUT2D eigenvalue weighted by molar-refractivity contribution is -0.269. The number of carbonyl (C=O) groups excluding carboxylic acids is 2. The molecule has 1 heterocycles. The van der Waals surface area contributed by atoms with Gasteiger partial charge in [-0.25, -0.2) is 0 Å². The average molecular weight is 469 g/mol. The van der Waals surface area contributed by atoms with E-state index in [-0.39, 0.29) is 13.2 Å². The van der Waals surface area contributed by atoms with Gasteiger partial charge < -0.3 is 23.7 Å². The maximum absolute atomic E-state index is 11.7. The highest BCUT2D eigenvalue weighted by atomic mass is 35.6. The number of ether oxygens (including phenoxy) is 5. The van der Waals surface area contributed by atoms with Gasteiger partial charge in [0.1, 0.15) is 6.10 Å². The first kappa shape index (κ1) is 23.7. The first-order chi connectivity index (χ1) is 13.6. The molecule has 1 saturated heterocycles. The molecule has 0 bridgehead atoms. The Kier molecular flexibility index (Phi) is 8.54. The zero-order valence-electron chi connectivity index (χ0n) is 15.6. The number of hydrogen-bond donors (Lipinski definition) is 1. The van der Waals surface area contributed by atoms with Crippen molar-refractivity contribution in [1.82, 2.24) is 0 Å². The molecule has 11 heteroatoms. The van der Waals surface area contributed by atoms with Gasteiger partial charge in [0.05, 0.1) is 13.2 Å². The van der Waals surface area contributed by atoms with Gasteiger partial charge in [-0.3, -0.25) is 15.0 Å². The summed E-state index contributed by atoms with van der Waals surface area (Å²) in [5.41, 5.74) is 0.841. The first-order valence-electron chi connectivity index (χ1n) is 8.52. The molecule has 0 amide bonds. The molecule has 1 aromatic rings. The molecule has 0 spiro atoms. The van der Waals surface area contributed by atoms with Crippen molar-refractivity contribution in [1.29, 1.82) is 5.41 Å². The Bertz CT molecular complexity index is 726. The van der Waals surface area contributed by atoms with Gasteiger partial charge in [-0.2, -0.15) is 0 Å². The predicted molar refractivity (Wildman–Crippen MR) is 105 cm³/mol. The van der Waals surface area contributed by atoms with Crippen molar-refractivity contribution in [3.63, 3.8) is 0 Å². The lowest BCUT2D eigenvalue weighted by Gasteiger charge is -2.40. The number of benzene rings is 1. The largest absolute Gasteiger partial charge is 0.457 e. The standard InChI is InChI=1S/C18H20Cl3NO7/c1-10(23)27-13-9-26-16(29-17(22)18(19,20)21)15(28-11(2)24)14(13)25-8-12-6-4-3-5-7-12/h3-7,13-16,22H,8-9H2,1-2H3/t13-,14+,15-,16?/m1/s1. The minimum Gasteiger partial charge on any atom is -0.457 e. The van der Waals surface area contributed by atoms with E-state index in [0.717, 1.165) is 5.56 Å². The first-order valence-corrected chi connectivity index (χ1v) is 9.65. The summed E-state index contributed by atoms with van der Waals surface area (Å²) in [5, 5.41) is 7.75. The van der Waals surface area contributed by atoms with Crippen LogP contribution in [-0.4, -0.2) is 52.8 Å². The summed E-state index contributed by atoms with van der Waals surface area (Å²) in [7, 11) is 0. The van der Waals surface area contributed by atoms with Crippen molar-refractivity contribution < 1.29 is 33.3 Å². The third kappa shape index (κ3) is 7.31. The Labute approximate surface area is 182 Å². The van der Waals surface area contributed by atoms with Crippen LogP contribution in [0.15, 0.2) is 30.3 Å². The second-order valence-corrected chi connectivity index (χ2v) is 8.41. The Balaban J connectivity index is 2.25. The fraction of sp³-hybridized carbons (Fsp3) is 0.500. The van der Waals surface area contributed by atoms with E-state index >= 15 is 0 Å². The van der Waals surface area contributed by atoms with Crippen LogP contribution in [0, 0.1) is 5.41 Å². The molecule has 1 aliphatic rings. The number of carbonyl (C=O) groups is 2. The topological polar surface area (TPSA) is 104 Å². The van der Waals surface area contributed by atoms with Crippen LogP contribution in [0.4, 0.5) is 0 Å². The van der Waals surface area contributed by atoms with Gasteiger partial charge in [-0.1, -0.05) is 65.1 Å². The molecule has 0 saturated carbocycles. The zero-order valence-corrected chi connectivity index (χ0v) is 17.9. The molecule has 4 atom stereocenters. The lowest BCUT2D eigenvalue weighted by atomic mass is 10.0. The summed E-state index contributed by atoms with van der Waals surface area (Å²) in [6.07, 6.45) is -4.34. The van der Waals surface area contributed by atoms with Gasteiger partial charge >= 0.3 is 11.9 Å². The second-order valence-electron chi connectivity index (χ2n) is 6.13. The highest BCUT2D eigenvalue weighted by molar-refractivity contribution is 6.76. The molecule has 0 aliphatic carbocycles. The van der Waals surface area contributed by atoms with Crippen LogP contribution in [0.3, 0.4) is 0 Å². The fourth-order valence-electron chi connectivity index (χ4n) is 2.63. The van der Waals surface area contributed by atoms with E-state index in [0.29, 0.717) is 0 Å². The van der Waals surface area contributed by atoms with Crippen LogP contribution >= 0.6 is 34.8 Å². The molecule has 8 nitrogen and oxygen atoms in total. The zero-order chi connectivity index (χ0) is 21.6. The van der Waals surface area contributed by atoms with E-state index in [1.807, 2.05) is 30.3 Å². The minimum absolute atomic E-state index is 0.135. The number of hydrogen-bond acceptors (Lipinski definition) is 8. The Morgan fingerprint density at radius 3 is 2.24 bits per heavy atom. The predicted octanol–water partition coefficient (Wildman–Crippen LogP) is 3.16. The van der Waals surface area contributed by atoms with E-state index in [2.05, 4.69) is 0 Å². The molecule has 0 aromatic heterocycles. The molecule has 0 radical (unpaired) electrons. The molecule has 29 heavy (non-hydrogen) atoms. The fourth-order valence-corrected chi connectivity index (χ4v) is 2.76. The maximum Gasteiger partial charge on any atom is 0.303 e. The number of nitrogens with one attached hydrogen (secondary N) is 1. The second kappa shape index (κ2) is 10.4. The van der Waals surface area contributed by atoms with Crippen molar-refractivity contribution in [2.75, 3.05) is 6.61 Å². The molecule has 1 N–H and O–H groups in total. The van der Waals surface area contributed by atoms with Crippen molar-refractivity contribution in [3.8, 4) is 0 Å². The van der Waals surface area contributed by atoms with E-state index in [9.17, 15) is 9.59 Å². The molecular formula is C18H20Cl3NO7. The van der Waals surface area contributed by atoms with Crippen molar-refractivity contribution in [3.05, 3.63) is 35.9 Å². The molecule has 160 valence electrons. The smallest absolute Gasteiger partial charge is 0.303 e. The van der Waals surface area contributed by atoms with Gasteiger partial charge in [0, 0.05) is 13.8 Å². The molecule has 1 aliphatic heterocycles. The van der Waals surface area contributed by atoms with Gasteiger partial charge in [0.25, 0.3) is 3.79 Å². The lowest BCUT2D eigenvalue weighted by Crippen LogP contribution is -2.58. The maximum atomic E-state index is 11.7. The van der Waals surface area contributed by atoms with Gasteiger partial charge in [-0.05, 0) is 5.56 Å². The van der Waals surface area contributed by atoms with Crippen molar-refractivity contribution >= 4 is 52.6 Å². The van der Waals surface area contributed by atoms with Gasteiger partial charge in [0.2, 0.25) is 12.2 Å². The van der Waals surface area contributed by atoms with Crippen LogP contribution in [-0.2, 0) is 39.9 Å². The molecule has 2 rings (SSSR count). The molecule has 1 fully saturated rings. The number of rotatable bonds is 6. The van der Waals surface area contributed by atoms with Crippen molar-refractivity contribution in [2.24, 2.45) is 0 Å². The Morgan fingerprint density at radius 2 is 1.69 bits per heavy atom. The van der Waals surface area contributed by atoms with Crippen LogP contribution in [0.2, 0.25) is 0 Å². The summed E-state index contributed by atoms with van der Waals surface area (Å²) in [6.45, 7) is 2.40. The van der Waals surface area contributed by atoms with Crippen LogP contribution in [0.5, 0.6) is 0 Å². The third-order valence-corrected chi connectivity index (χ3v) is 4.29. The summed E-state index contributed by atoms with van der Waals surface area (Å²) in [5.74, 6) is -1.95. The van der Waals surface area contributed by atoms with Crippen LogP contribution in [0.25, 0.3) is 0 Å². The molecule has 1 unspecified atom stereocenters. The number of halogens is 3. The SMILES string of the molecule is CC(=O)O[C@@H]1COC(OC(=N)C(Cl)(Cl)Cl)[C@H](OC(C)=O)[C@H]1OCc1ccccc1. The summed E-state index contributed by atoms with van der Waals surface area (Å²) >= 11 is 16.9. The van der Waals surface area contributed by atoms with Crippen molar-refractivity contribution in [2.45, 2.75) is 48.8 Å². The van der Waals surface area contributed by atoms with E-state index in [1.165, 1.54) is 13.8 Å². The third-order valence-electron chi connectivity index (χ3n) is 3.78. The minimum atomic E-state index is -2.14. The summed E-state index contributed by atoms with van der Waals surface area (Å²) in [4.78, 5) is 23.2. The quantitative estimate of drug-likeness (QED) is 0.296. The normalized spacial score (nSPS) is 24.4. The summed E-state index contributed by atoms with van der Waals surface area (Å²) < 4.78 is 25.1. The average Bonchev–Trinajstić information content (AvgIpc) is 2.62.